The van der Waals surface area contributed by atoms with Crippen LogP contribution in [0.1, 0.15) is 0 Å². The van der Waals surface area contributed by atoms with Gasteiger partial charge in [0.15, 0.2) is 0 Å². The molecule has 12 nitrogen and oxygen atoms in total. The Morgan fingerprint density at radius 2 is 1.50 bits per heavy atom. The van der Waals surface area contributed by atoms with Crippen molar-refractivity contribution in [3.05, 3.63) is 0 Å². The molecule has 0 rings (SSSR count). The molecule has 15 heteroatoms. The number of phosphoric ester groups is 1. The fourth-order valence-electron chi connectivity index (χ4n) is 0.636. The predicted molar refractivity (Wildman–Crippen MR) is 55.0 cm³/mol. The summed E-state index contributed by atoms with van der Waals surface area (Å²) in [5, 5.41) is 10.6. The fraction of sp³-hybridized carbons (Fsp3) is 1.00. The van der Waals surface area contributed by atoms with Gasteiger partial charge in [-0.15, -0.1) is 0 Å². The molecular weight excluding hydrogens is 319 g/mol. The zero-order valence-electron chi connectivity index (χ0n) is 8.56. The normalized spacial score (nSPS) is 18.3. The smallest absolute Gasteiger partial charge is 0.389 e. The van der Waals surface area contributed by atoms with E-state index in [1.54, 1.807) is 5.09 Å². The molecule has 2 atom stereocenters. The quantitative estimate of drug-likeness (QED) is 0.248. The minimum atomic E-state index is -5.20. The minimum Gasteiger partial charge on any atom is -0.389 e. The molecule has 0 aliphatic heterocycles. The van der Waals surface area contributed by atoms with Gasteiger partial charge in [0.05, 0.1) is 12.7 Å². The number of hydrogen-bond acceptors (Lipinski definition) is 6. The molecule has 0 spiro atoms. The highest BCUT2D eigenvalue weighted by molar-refractivity contribution is 7.62. The topological polar surface area (TPSA) is 203 Å². The Kier molecular flexibility index (Phi) is 6.79. The van der Waals surface area contributed by atoms with Gasteiger partial charge in [0.25, 0.3) is 0 Å². The largest absolute Gasteiger partial charge is 0.477 e. The third-order valence-corrected chi connectivity index (χ3v) is 3.98. The number of hydrogen-bond donors (Lipinski definition) is 7. The lowest BCUT2D eigenvalue weighted by Crippen LogP contribution is -2.28. The molecule has 2 unspecified atom stereocenters. The molecule has 0 radical (unpaired) electrons. The van der Waals surface area contributed by atoms with E-state index >= 15 is 0 Å². The molecule has 0 aliphatic rings. The molecule has 0 bridgehead atoms. The Morgan fingerprint density at radius 3 is 1.89 bits per heavy atom. The summed E-state index contributed by atoms with van der Waals surface area (Å²) in [6.07, 6.45) is -1.61. The summed E-state index contributed by atoms with van der Waals surface area (Å²) in [7, 11) is -14.8. The molecule has 18 heavy (non-hydrogen) atoms. The highest BCUT2D eigenvalue weighted by atomic mass is 31.3. The van der Waals surface area contributed by atoms with Gasteiger partial charge in [0.2, 0.25) is 0 Å². The van der Waals surface area contributed by atoms with E-state index in [0.29, 0.717) is 0 Å². The van der Waals surface area contributed by atoms with Gasteiger partial charge in [-0.25, -0.2) is 18.8 Å². The second-order valence-corrected chi connectivity index (χ2v) is 7.13. The van der Waals surface area contributed by atoms with Crippen molar-refractivity contribution in [3.63, 3.8) is 0 Å². The average Bonchev–Trinajstić information content (AvgIpc) is 2.06. The van der Waals surface area contributed by atoms with Gasteiger partial charge >= 0.3 is 23.4 Å². The Hall–Kier alpha value is 0.330. The first-order valence-corrected chi connectivity index (χ1v) is 8.67. The van der Waals surface area contributed by atoms with Crippen LogP contribution >= 0.6 is 23.4 Å². The lowest BCUT2D eigenvalue weighted by Gasteiger charge is -2.16. The van der Waals surface area contributed by atoms with Crippen LogP contribution in [0.25, 0.3) is 0 Å². The van der Waals surface area contributed by atoms with Crippen LogP contribution in [0.15, 0.2) is 0 Å². The summed E-state index contributed by atoms with van der Waals surface area (Å²) in [4.78, 5) is 41.9. The maximum absolute atomic E-state index is 11.0. The Labute approximate surface area is 101 Å². The molecule has 0 heterocycles. The number of phosphoric acid groups is 2. The summed E-state index contributed by atoms with van der Waals surface area (Å²) in [5.74, 6) is 0. The van der Waals surface area contributed by atoms with Crippen molar-refractivity contribution in [2.75, 3.05) is 13.2 Å². The first kappa shape index (κ1) is 18.3. The molecule has 0 saturated heterocycles. The van der Waals surface area contributed by atoms with Crippen LogP contribution in [-0.2, 0) is 22.5 Å². The van der Waals surface area contributed by atoms with Crippen LogP contribution in [-0.4, -0.2) is 48.8 Å². The molecular formula is C3H12NO11P3. The number of aliphatic hydroxyl groups is 1. The SMILES string of the molecule is O=P(O)(O)OCC(O)CNP(=O)(O)OP(=O)(O)O. The third-order valence-electron chi connectivity index (χ3n) is 1.18. The highest BCUT2D eigenvalue weighted by Crippen LogP contribution is 2.54. The van der Waals surface area contributed by atoms with Crippen molar-refractivity contribution in [2.45, 2.75) is 6.10 Å². The maximum atomic E-state index is 11.0. The summed E-state index contributed by atoms with van der Waals surface area (Å²) >= 11 is 0. The van der Waals surface area contributed by atoms with Crippen molar-refractivity contribution >= 4 is 23.4 Å². The monoisotopic (exact) mass is 331 g/mol. The number of aliphatic hydroxyl groups excluding tert-OH is 1. The summed E-state index contributed by atoms with van der Waals surface area (Å²) in [5.41, 5.74) is 0. The summed E-state index contributed by atoms with van der Waals surface area (Å²) in [6.45, 7) is -1.62. The van der Waals surface area contributed by atoms with E-state index in [0.717, 1.165) is 0 Å². The summed E-state index contributed by atoms with van der Waals surface area (Å²) < 4.78 is 38.8. The molecule has 0 saturated carbocycles. The lowest BCUT2D eigenvalue weighted by molar-refractivity contribution is 0.0868. The predicted octanol–water partition coefficient (Wildman–Crippen LogP) is -1.74. The van der Waals surface area contributed by atoms with Crippen LogP contribution < -0.4 is 5.09 Å². The number of rotatable bonds is 8. The number of nitrogens with one attached hydrogen (secondary N) is 1. The van der Waals surface area contributed by atoms with E-state index in [2.05, 4.69) is 8.83 Å². The molecule has 0 aromatic heterocycles. The molecule has 0 aliphatic carbocycles. The van der Waals surface area contributed by atoms with Gasteiger partial charge in [-0.05, 0) is 0 Å². The van der Waals surface area contributed by atoms with Crippen molar-refractivity contribution in [1.82, 2.24) is 5.09 Å². The van der Waals surface area contributed by atoms with E-state index in [9.17, 15) is 13.7 Å². The van der Waals surface area contributed by atoms with Crippen LogP contribution in [0.4, 0.5) is 0 Å². The van der Waals surface area contributed by atoms with Gasteiger partial charge < -0.3 is 29.6 Å². The molecule has 7 N–H and O–H groups in total. The Morgan fingerprint density at radius 1 is 1.00 bits per heavy atom. The standard InChI is InChI=1S/C3H12NO11P3/c5-3(2-14-17(8,9)10)1-4-16(6,7)15-18(11,12)13/h3,5H,1-2H2,(H2,4,6,7)(H2,8,9,10)(H2,11,12,13). The Bertz CT molecular complexity index is 396. The first-order chi connectivity index (χ1) is 7.81. The van der Waals surface area contributed by atoms with Gasteiger partial charge in [-0.2, -0.15) is 4.31 Å². The van der Waals surface area contributed by atoms with Crippen molar-refractivity contribution in [1.29, 1.82) is 0 Å². The highest BCUT2D eigenvalue weighted by Gasteiger charge is 2.31. The van der Waals surface area contributed by atoms with Crippen LogP contribution in [0, 0.1) is 0 Å². The van der Waals surface area contributed by atoms with E-state index in [-0.39, 0.29) is 0 Å². The first-order valence-electron chi connectivity index (χ1n) is 4.04. The zero-order chi connectivity index (χ0) is 14.6. The van der Waals surface area contributed by atoms with Crippen molar-refractivity contribution in [3.8, 4) is 0 Å². The second-order valence-electron chi connectivity index (χ2n) is 2.90. The zero-order valence-corrected chi connectivity index (χ0v) is 11.2. The van der Waals surface area contributed by atoms with Gasteiger partial charge in [0.1, 0.15) is 0 Å². The second kappa shape index (κ2) is 6.67. The lowest BCUT2D eigenvalue weighted by atomic mass is 10.4. The van der Waals surface area contributed by atoms with E-state index in [1.165, 1.54) is 0 Å². The third kappa shape index (κ3) is 11.4. The van der Waals surface area contributed by atoms with Crippen LogP contribution in [0.3, 0.4) is 0 Å². The van der Waals surface area contributed by atoms with Crippen molar-refractivity contribution < 1.29 is 52.1 Å². The maximum Gasteiger partial charge on any atom is 0.477 e. The van der Waals surface area contributed by atoms with Gasteiger partial charge in [0, 0.05) is 6.54 Å². The van der Waals surface area contributed by atoms with E-state index in [4.69, 9.17) is 29.6 Å². The average molecular weight is 331 g/mol. The minimum absolute atomic E-state index is 0.756. The molecule has 0 aromatic carbocycles. The molecule has 0 aromatic rings. The summed E-state index contributed by atoms with van der Waals surface area (Å²) in [6, 6.07) is 0. The fourth-order valence-corrected chi connectivity index (χ4v) is 2.83. The van der Waals surface area contributed by atoms with E-state index in [1.807, 2.05) is 0 Å². The van der Waals surface area contributed by atoms with Crippen LogP contribution in [0.5, 0.6) is 0 Å². The van der Waals surface area contributed by atoms with Crippen molar-refractivity contribution in [2.24, 2.45) is 0 Å². The van der Waals surface area contributed by atoms with Crippen LogP contribution in [0.2, 0.25) is 0 Å². The molecule has 0 fully saturated rings. The molecule has 0 amide bonds. The van der Waals surface area contributed by atoms with Gasteiger partial charge in [-0.3, -0.25) is 4.52 Å². The van der Waals surface area contributed by atoms with Gasteiger partial charge in [-0.1, -0.05) is 0 Å². The molecule has 110 valence electrons. The van der Waals surface area contributed by atoms with E-state index < -0.39 is 42.6 Å². The Balaban J connectivity index is 4.13.